The fraction of sp³-hybridized carbons (Fsp3) is 0.167. The Morgan fingerprint density at radius 2 is 1.68 bits per heavy atom. The Bertz CT molecular complexity index is 864. The van der Waals surface area contributed by atoms with E-state index in [1.165, 1.54) is 0 Å². The fourth-order valence-corrected chi connectivity index (χ4v) is 2.51. The zero-order valence-electron chi connectivity index (χ0n) is 14.3. The molecule has 0 saturated carbocycles. The molecule has 1 aromatic heterocycles. The highest BCUT2D eigenvalue weighted by Crippen LogP contribution is 2.23. The summed E-state index contributed by atoms with van der Waals surface area (Å²) >= 11 is 3.50. The molecule has 0 aliphatic heterocycles. The summed E-state index contributed by atoms with van der Waals surface area (Å²) in [6.45, 7) is 2.04. The molecule has 0 amide bonds. The lowest BCUT2D eigenvalue weighted by atomic mass is 10.2. The third-order valence-electron chi connectivity index (χ3n) is 3.63. The lowest BCUT2D eigenvalue weighted by molar-refractivity contribution is 0.982. The first-order chi connectivity index (χ1) is 12.0. The Balaban J connectivity index is 1.73. The second-order valence-electron chi connectivity index (χ2n) is 5.82. The molecule has 25 heavy (non-hydrogen) atoms. The zero-order valence-corrected chi connectivity index (χ0v) is 15.9. The summed E-state index contributed by atoms with van der Waals surface area (Å²) in [5, 5.41) is 14.5. The minimum Gasteiger partial charge on any atom is -0.378 e. The van der Waals surface area contributed by atoms with Crippen LogP contribution in [0.5, 0.6) is 0 Å². The van der Waals surface area contributed by atoms with Gasteiger partial charge in [0.15, 0.2) is 5.82 Å². The average Bonchev–Trinajstić information content (AvgIpc) is 2.59. The molecule has 0 radical (unpaired) electrons. The van der Waals surface area contributed by atoms with Gasteiger partial charge >= 0.3 is 0 Å². The van der Waals surface area contributed by atoms with Crippen LogP contribution >= 0.6 is 15.9 Å². The van der Waals surface area contributed by atoms with Gasteiger partial charge in [-0.1, -0.05) is 15.9 Å². The molecule has 2 aromatic carbocycles. The van der Waals surface area contributed by atoms with E-state index in [1.54, 1.807) is 6.20 Å². The Kier molecular flexibility index (Phi) is 5.14. The van der Waals surface area contributed by atoms with Gasteiger partial charge < -0.3 is 15.5 Å². The third kappa shape index (κ3) is 4.45. The van der Waals surface area contributed by atoms with Gasteiger partial charge in [0.25, 0.3) is 0 Å². The van der Waals surface area contributed by atoms with Gasteiger partial charge in [-0.25, -0.2) is 0 Å². The molecule has 0 atom stereocenters. The van der Waals surface area contributed by atoms with Crippen molar-refractivity contribution in [2.45, 2.75) is 6.92 Å². The summed E-state index contributed by atoms with van der Waals surface area (Å²) in [4.78, 5) is 6.50. The number of aryl methyl sites for hydroxylation is 1. The van der Waals surface area contributed by atoms with Gasteiger partial charge in [0.2, 0.25) is 5.95 Å². The van der Waals surface area contributed by atoms with Crippen molar-refractivity contribution in [3.63, 3.8) is 0 Å². The molecule has 6 nitrogen and oxygen atoms in total. The molecular weight excluding hydrogens is 380 g/mol. The first-order valence-electron chi connectivity index (χ1n) is 7.78. The number of aromatic nitrogens is 3. The Labute approximate surface area is 155 Å². The molecule has 128 valence electrons. The van der Waals surface area contributed by atoms with Crippen LogP contribution in [0.25, 0.3) is 0 Å². The summed E-state index contributed by atoms with van der Waals surface area (Å²) in [5.74, 6) is 1.07. The summed E-state index contributed by atoms with van der Waals surface area (Å²) in [6, 6.07) is 14.0. The second-order valence-corrected chi connectivity index (χ2v) is 6.67. The van der Waals surface area contributed by atoms with Gasteiger partial charge in [0.1, 0.15) is 0 Å². The first-order valence-corrected chi connectivity index (χ1v) is 8.58. The van der Waals surface area contributed by atoms with E-state index < -0.39 is 0 Å². The van der Waals surface area contributed by atoms with Crippen molar-refractivity contribution in [1.82, 2.24) is 15.2 Å². The maximum atomic E-state index is 4.45. The molecule has 3 rings (SSSR count). The maximum absolute atomic E-state index is 4.45. The fourth-order valence-electron chi connectivity index (χ4n) is 2.26. The number of benzene rings is 2. The van der Waals surface area contributed by atoms with Gasteiger partial charge in [-0.05, 0) is 55.0 Å². The van der Waals surface area contributed by atoms with Crippen molar-refractivity contribution < 1.29 is 0 Å². The van der Waals surface area contributed by atoms with Crippen LogP contribution in [-0.4, -0.2) is 29.3 Å². The number of hydrogen-bond donors (Lipinski definition) is 2. The van der Waals surface area contributed by atoms with Gasteiger partial charge in [-0.2, -0.15) is 10.1 Å². The lowest BCUT2D eigenvalue weighted by Gasteiger charge is -2.13. The predicted molar refractivity (Wildman–Crippen MR) is 106 cm³/mol. The molecule has 1 heterocycles. The topological polar surface area (TPSA) is 66.0 Å². The molecule has 7 heteroatoms. The SMILES string of the molecule is Cc1cc(Nc2cnnc(Nc3ccc(N(C)C)cc3)n2)ccc1Br. The van der Waals surface area contributed by atoms with Gasteiger partial charge in [-0.3, -0.25) is 0 Å². The van der Waals surface area contributed by atoms with E-state index in [0.29, 0.717) is 11.8 Å². The van der Waals surface area contributed by atoms with E-state index in [9.17, 15) is 0 Å². The predicted octanol–water partition coefficient (Wildman–Crippen LogP) is 4.50. The standard InChI is InChI=1S/C18H19BrN6/c1-12-10-14(6-9-16(12)19)21-17-11-20-24-18(23-17)22-13-4-7-15(8-5-13)25(2)3/h4-11H,1-3H3,(H2,21,22,23,24). The van der Waals surface area contributed by atoms with E-state index in [1.807, 2.05) is 68.4 Å². The highest BCUT2D eigenvalue weighted by Gasteiger charge is 2.04. The monoisotopic (exact) mass is 398 g/mol. The van der Waals surface area contributed by atoms with Crippen molar-refractivity contribution >= 4 is 44.8 Å². The number of rotatable bonds is 5. The number of hydrogen-bond acceptors (Lipinski definition) is 6. The molecule has 0 fully saturated rings. The highest BCUT2D eigenvalue weighted by atomic mass is 79.9. The Morgan fingerprint density at radius 1 is 0.960 bits per heavy atom. The normalized spacial score (nSPS) is 10.4. The van der Waals surface area contributed by atoms with Crippen LogP contribution in [0.2, 0.25) is 0 Å². The average molecular weight is 399 g/mol. The van der Waals surface area contributed by atoms with E-state index in [4.69, 9.17) is 0 Å². The molecule has 0 aliphatic carbocycles. The van der Waals surface area contributed by atoms with E-state index in [-0.39, 0.29) is 0 Å². The van der Waals surface area contributed by atoms with Crippen LogP contribution in [-0.2, 0) is 0 Å². The van der Waals surface area contributed by atoms with Crippen molar-refractivity contribution in [3.8, 4) is 0 Å². The minimum absolute atomic E-state index is 0.441. The van der Waals surface area contributed by atoms with Crippen molar-refractivity contribution in [2.24, 2.45) is 0 Å². The molecule has 3 aromatic rings. The van der Waals surface area contributed by atoms with Crippen LogP contribution in [0.1, 0.15) is 5.56 Å². The smallest absolute Gasteiger partial charge is 0.249 e. The second kappa shape index (κ2) is 7.48. The maximum Gasteiger partial charge on any atom is 0.249 e. The molecule has 0 spiro atoms. The van der Waals surface area contributed by atoms with Crippen LogP contribution in [0.4, 0.5) is 28.8 Å². The van der Waals surface area contributed by atoms with Crippen LogP contribution in [0.3, 0.4) is 0 Å². The van der Waals surface area contributed by atoms with Crippen LogP contribution in [0.15, 0.2) is 53.1 Å². The number of halogens is 1. The molecule has 0 unspecified atom stereocenters. The van der Waals surface area contributed by atoms with Crippen molar-refractivity contribution in [1.29, 1.82) is 0 Å². The highest BCUT2D eigenvalue weighted by molar-refractivity contribution is 9.10. The van der Waals surface area contributed by atoms with Gasteiger partial charge in [0.05, 0.1) is 6.20 Å². The van der Waals surface area contributed by atoms with E-state index in [2.05, 4.69) is 41.7 Å². The van der Waals surface area contributed by atoms with Crippen LogP contribution < -0.4 is 15.5 Å². The summed E-state index contributed by atoms with van der Waals surface area (Å²) in [7, 11) is 4.02. The number of nitrogens with zero attached hydrogens (tertiary/aromatic N) is 4. The largest absolute Gasteiger partial charge is 0.378 e. The van der Waals surface area contributed by atoms with Gasteiger partial charge in [-0.15, -0.1) is 5.10 Å². The number of anilines is 5. The summed E-state index contributed by atoms with van der Waals surface area (Å²) in [6.07, 6.45) is 1.59. The lowest BCUT2D eigenvalue weighted by Crippen LogP contribution is -2.08. The zero-order chi connectivity index (χ0) is 17.8. The van der Waals surface area contributed by atoms with Gasteiger partial charge in [0, 0.05) is 35.6 Å². The summed E-state index contributed by atoms with van der Waals surface area (Å²) in [5.41, 5.74) is 4.13. The van der Waals surface area contributed by atoms with Crippen molar-refractivity contribution in [2.75, 3.05) is 29.6 Å². The quantitative estimate of drug-likeness (QED) is 0.659. The first kappa shape index (κ1) is 17.2. The minimum atomic E-state index is 0.441. The third-order valence-corrected chi connectivity index (χ3v) is 4.52. The molecular formula is C18H19BrN6. The molecule has 0 saturated heterocycles. The molecule has 0 aliphatic rings. The number of nitrogens with one attached hydrogen (secondary N) is 2. The van der Waals surface area contributed by atoms with Crippen LogP contribution in [0, 0.1) is 6.92 Å². The van der Waals surface area contributed by atoms with E-state index >= 15 is 0 Å². The Morgan fingerprint density at radius 3 is 2.36 bits per heavy atom. The molecule has 0 bridgehead atoms. The van der Waals surface area contributed by atoms with Crippen molar-refractivity contribution in [3.05, 3.63) is 58.7 Å². The molecule has 2 N–H and O–H groups in total. The summed E-state index contributed by atoms with van der Waals surface area (Å²) < 4.78 is 1.07. The Hall–Kier alpha value is -2.67. The van der Waals surface area contributed by atoms with E-state index in [0.717, 1.165) is 27.1 Å².